The number of piperidine rings is 1. The van der Waals surface area contributed by atoms with Crippen LogP contribution in [-0.2, 0) is 0 Å². The van der Waals surface area contributed by atoms with E-state index in [-0.39, 0.29) is 0 Å². The first-order valence-electron chi connectivity index (χ1n) is 7.55. The molecule has 1 aromatic heterocycles. The Labute approximate surface area is 122 Å². The molecule has 4 heteroatoms. The molecule has 1 aliphatic heterocycles. The average molecular weight is 277 g/mol. The molecule has 0 radical (unpaired) electrons. The molecule has 0 spiro atoms. The molecular weight excluding hydrogens is 250 g/mol. The first kappa shape index (κ1) is 15.3. The van der Waals surface area contributed by atoms with E-state index in [1.54, 1.807) is 7.11 Å². The molecule has 0 aliphatic carbocycles. The number of nitrogens with zero attached hydrogens (tertiary/aromatic N) is 2. The van der Waals surface area contributed by atoms with Gasteiger partial charge < -0.3 is 10.1 Å². The van der Waals surface area contributed by atoms with E-state index in [9.17, 15) is 0 Å². The van der Waals surface area contributed by atoms with Crippen LogP contribution >= 0.6 is 0 Å². The first-order chi connectivity index (χ1) is 9.61. The van der Waals surface area contributed by atoms with Crippen molar-refractivity contribution in [1.82, 2.24) is 15.2 Å². The van der Waals surface area contributed by atoms with Gasteiger partial charge in [-0.1, -0.05) is 19.9 Å². The molecule has 1 aromatic rings. The lowest BCUT2D eigenvalue weighted by Crippen LogP contribution is -2.41. The highest BCUT2D eigenvalue weighted by atomic mass is 16.5. The maximum atomic E-state index is 5.15. The van der Waals surface area contributed by atoms with Crippen molar-refractivity contribution >= 4 is 0 Å². The molecule has 0 amide bonds. The van der Waals surface area contributed by atoms with Gasteiger partial charge in [-0.2, -0.15) is 0 Å². The molecule has 0 aromatic carbocycles. The second-order valence-electron chi connectivity index (χ2n) is 6.02. The van der Waals surface area contributed by atoms with Crippen molar-refractivity contribution in [3.8, 4) is 5.88 Å². The van der Waals surface area contributed by atoms with E-state index in [0.29, 0.717) is 23.9 Å². The summed E-state index contributed by atoms with van der Waals surface area (Å²) in [6, 6.07) is 5.11. The predicted octanol–water partition coefficient (Wildman–Crippen LogP) is 2.47. The molecule has 1 saturated heterocycles. The van der Waals surface area contributed by atoms with Crippen molar-refractivity contribution < 1.29 is 4.74 Å². The van der Waals surface area contributed by atoms with Crippen LogP contribution in [-0.4, -0.2) is 43.2 Å². The van der Waals surface area contributed by atoms with E-state index in [4.69, 9.17) is 4.74 Å². The number of pyridine rings is 1. The Hall–Kier alpha value is -1.13. The minimum Gasteiger partial charge on any atom is -0.481 e. The largest absolute Gasteiger partial charge is 0.481 e. The standard InChI is InChI=1S/C16H27N3O/c1-12(2)17-10-13-6-5-9-19(3)16(13)14-7-8-15(20-4)18-11-14/h7-8,11-13,16-17H,5-6,9-10H2,1-4H3. The summed E-state index contributed by atoms with van der Waals surface area (Å²) in [5.41, 5.74) is 1.29. The van der Waals surface area contributed by atoms with Gasteiger partial charge in [-0.05, 0) is 37.9 Å². The van der Waals surface area contributed by atoms with E-state index in [2.05, 4.69) is 42.2 Å². The zero-order valence-electron chi connectivity index (χ0n) is 13.1. The molecule has 4 nitrogen and oxygen atoms in total. The Bertz CT molecular complexity index is 405. The zero-order chi connectivity index (χ0) is 14.5. The molecule has 0 saturated carbocycles. The second-order valence-corrected chi connectivity index (χ2v) is 6.02. The molecule has 1 aliphatic rings. The number of hydrogen-bond acceptors (Lipinski definition) is 4. The van der Waals surface area contributed by atoms with E-state index in [1.807, 2.05) is 12.3 Å². The van der Waals surface area contributed by atoms with Crippen molar-refractivity contribution in [2.45, 2.75) is 38.8 Å². The van der Waals surface area contributed by atoms with Crippen molar-refractivity contribution in [2.24, 2.45) is 5.92 Å². The van der Waals surface area contributed by atoms with Gasteiger partial charge in [0.2, 0.25) is 5.88 Å². The molecule has 2 atom stereocenters. The van der Waals surface area contributed by atoms with Crippen LogP contribution in [0.2, 0.25) is 0 Å². The summed E-state index contributed by atoms with van der Waals surface area (Å²) < 4.78 is 5.15. The zero-order valence-corrected chi connectivity index (χ0v) is 13.1. The van der Waals surface area contributed by atoms with Gasteiger partial charge in [0.15, 0.2) is 0 Å². The Balaban J connectivity index is 2.13. The normalized spacial score (nSPS) is 24.1. The number of aromatic nitrogens is 1. The number of ether oxygens (including phenoxy) is 1. The van der Waals surface area contributed by atoms with Gasteiger partial charge in [0.05, 0.1) is 7.11 Å². The smallest absolute Gasteiger partial charge is 0.212 e. The Morgan fingerprint density at radius 3 is 2.85 bits per heavy atom. The van der Waals surface area contributed by atoms with Gasteiger partial charge in [0, 0.05) is 30.9 Å². The minimum absolute atomic E-state index is 0.452. The van der Waals surface area contributed by atoms with Crippen molar-refractivity contribution in [1.29, 1.82) is 0 Å². The molecule has 2 heterocycles. The van der Waals surface area contributed by atoms with E-state index in [1.165, 1.54) is 18.4 Å². The molecule has 0 bridgehead atoms. The van der Waals surface area contributed by atoms with Crippen molar-refractivity contribution in [2.75, 3.05) is 27.2 Å². The highest BCUT2D eigenvalue weighted by Crippen LogP contribution is 2.34. The highest BCUT2D eigenvalue weighted by Gasteiger charge is 2.30. The third-order valence-electron chi connectivity index (χ3n) is 4.11. The predicted molar refractivity (Wildman–Crippen MR) is 82.0 cm³/mol. The lowest BCUT2D eigenvalue weighted by Gasteiger charge is -2.40. The van der Waals surface area contributed by atoms with Crippen LogP contribution in [0.3, 0.4) is 0 Å². The fourth-order valence-electron chi connectivity index (χ4n) is 3.07. The van der Waals surface area contributed by atoms with Crippen LogP contribution in [0.5, 0.6) is 5.88 Å². The number of methoxy groups -OCH3 is 1. The fraction of sp³-hybridized carbons (Fsp3) is 0.688. The summed E-state index contributed by atoms with van der Waals surface area (Å²) >= 11 is 0. The Morgan fingerprint density at radius 1 is 1.45 bits per heavy atom. The fourth-order valence-corrected chi connectivity index (χ4v) is 3.07. The van der Waals surface area contributed by atoms with E-state index in [0.717, 1.165) is 13.1 Å². The molecule has 1 N–H and O–H groups in total. The summed E-state index contributed by atoms with van der Waals surface area (Å²) in [4.78, 5) is 6.83. The molecule has 2 unspecified atom stereocenters. The number of likely N-dealkylation sites (tertiary alicyclic amines) is 1. The number of nitrogens with one attached hydrogen (secondary N) is 1. The van der Waals surface area contributed by atoms with Gasteiger partial charge in [-0.25, -0.2) is 4.98 Å². The van der Waals surface area contributed by atoms with E-state index >= 15 is 0 Å². The van der Waals surface area contributed by atoms with Crippen LogP contribution in [0.15, 0.2) is 18.3 Å². The van der Waals surface area contributed by atoms with Crippen molar-refractivity contribution in [3.63, 3.8) is 0 Å². The molecular formula is C16H27N3O. The van der Waals surface area contributed by atoms with Crippen LogP contribution in [0, 0.1) is 5.92 Å². The minimum atomic E-state index is 0.452. The second kappa shape index (κ2) is 7.04. The monoisotopic (exact) mass is 277 g/mol. The Morgan fingerprint density at radius 2 is 2.25 bits per heavy atom. The summed E-state index contributed by atoms with van der Waals surface area (Å²) in [7, 11) is 3.88. The first-order valence-corrected chi connectivity index (χ1v) is 7.55. The van der Waals surface area contributed by atoms with Gasteiger partial charge in [-0.3, -0.25) is 4.90 Å². The topological polar surface area (TPSA) is 37.4 Å². The lowest BCUT2D eigenvalue weighted by molar-refractivity contribution is 0.118. The van der Waals surface area contributed by atoms with Gasteiger partial charge in [0.1, 0.15) is 0 Å². The van der Waals surface area contributed by atoms with Crippen LogP contribution in [0.4, 0.5) is 0 Å². The van der Waals surface area contributed by atoms with Crippen LogP contribution in [0.25, 0.3) is 0 Å². The number of rotatable bonds is 5. The third-order valence-corrected chi connectivity index (χ3v) is 4.11. The van der Waals surface area contributed by atoms with Crippen LogP contribution in [0.1, 0.15) is 38.3 Å². The van der Waals surface area contributed by atoms with Crippen LogP contribution < -0.4 is 10.1 Å². The van der Waals surface area contributed by atoms with Crippen molar-refractivity contribution in [3.05, 3.63) is 23.9 Å². The summed E-state index contributed by atoms with van der Waals surface area (Å²) in [6.45, 7) is 6.64. The summed E-state index contributed by atoms with van der Waals surface area (Å²) in [5, 5.41) is 3.59. The average Bonchev–Trinajstić information content (AvgIpc) is 2.45. The van der Waals surface area contributed by atoms with Gasteiger partial charge in [0.25, 0.3) is 0 Å². The summed E-state index contributed by atoms with van der Waals surface area (Å²) in [6.07, 6.45) is 4.52. The lowest BCUT2D eigenvalue weighted by atomic mass is 9.85. The number of hydrogen-bond donors (Lipinski definition) is 1. The maximum Gasteiger partial charge on any atom is 0.212 e. The van der Waals surface area contributed by atoms with Gasteiger partial charge in [-0.15, -0.1) is 0 Å². The quantitative estimate of drug-likeness (QED) is 0.897. The third kappa shape index (κ3) is 3.70. The SMILES string of the molecule is COc1ccc(C2C(CNC(C)C)CCCN2C)cn1. The molecule has 1 fully saturated rings. The van der Waals surface area contributed by atoms with Gasteiger partial charge >= 0.3 is 0 Å². The van der Waals surface area contributed by atoms with E-state index < -0.39 is 0 Å². The maximum absolute atomic E-state index is 5.15. The molecule has 2 rings (SSSR count). The summed E-state index contributed by atoms with van der Waals surface area (Å²) in [5.74, 6) is 1.33. The Kier molecular flexibility index (Phi) is 5.38. The molecule has 20 heavy (non-hydrogen) atoms. The molecule has 112 valence electrons. The highest BCUT2D eigenvalue weighted by molar-refractivity contribution is 5.22.